The molecule has 1 atom stereocenters. The SMILES string of the molecule is O=C(C1CN(C2CCC2)Cc2ccnn21)N1CC(F)(F)C1. The maximum Gasteiger partial charge on any atom is 0.282 e. The van der Waals surface area contributed by atoms with Crippen LogP contribution < -0.4 is 0 Å². The fraction of sp³-hybridized carbons (Fsp3) is 0.714. The Balaban J connectivity index is 1.54. The minimum atomic E-state index is -2.72. The van der Waals surface area contributed by atoms with Crippen LogP contribution in [0.4, 0.5) is 8.78 Å². The second-order valence-electron chi connectivity index (χ2n) is 6.35. The number of rotatable bonds is 2. The molecule has 1 saturated heterocycles. The summed E-state index contributed by atoms with van der Waals surface area (Å²) in [4.78, 5) is 16.1. The van der Waals surface area contributed by atoms with Crippen LogP contribution in [-0.4, -0.2) is 57.1 Å². The van der Waals surface area contributed by atoms with Crippen LogP contribution in [-0.2, 0) is 11.3 Å². The maximum atomic E-state index is 13.0. The fourth-order valence-electron chi connectivity index (χ4n) is 3.41. The number of fused-ring (bicyclic) bond motifs is 1. The lowest BCUT2D eigenvalue weighted by Gasteiger charge is -2.45. The number of carbonyl (C=O) groups is 1. The van der Waals surface area contributed by atoms with Gasteiger partial charge in [0, 0.05) is 25.3 Å². The van der Waals surface area contributed by atoms with Gasteiger partial charge in [-0.05, 0) is 18.9 Å². The average molecular weight is 296 g/mol. The number of carbonyl (C=O) groups excluding carboxylic acids is 1. The second-order valence-corrected chi connectivity index (χ2v) is 6.35. The van der Waals surface area contributed by atoms with Crippen molar-refractivity contribution >= 4 is 5.91 Å². The molecule has 1 aromatic heterocycles. The van der Waals surface area contributed by atoms with E-state index in [2.05, 4.69) is 10.00 Å². The molecule has 114 valence electrons. The van der Waals surface area contributed by atoms with E-state index in [9.17, 15) is 13.6 Å². The summed E-state index contributed by atoms with van der Waals surface area (Å²) in [6.07, 6.45) is 5.25. The van der Waals surface area contributed by atoms with Gasteiger partial charge in [0.2, 0.25) is 5.91 Å². The predicted molar refractivity (Wildman–Crippen MR) is 70.8 cm³/mol. The first-order valence-electron chi connectivity index (χ1n) is 7.46. The highest BCUT2D eigenvalue weighted by Gasteiger charge is 2.49. The van der Waals surface area contributed by atoms with Gasteiger partial charge in [-0.25, -0.2) is 8.78 Å². The number of aromatic nitrogens is 2. The second kappa shape index (κ2) is 4.50. The summed E-state index contributed by atoms with van der Waals surface area (Å²) in [6.45, 7) is 0.468. The van der Waals surface area contributed by atoms with Gasteiger partial charge in [-0.2, -0.15) is 5.10 Å². The average Bonchev–Trinajstić information content (AvgIpc) is 2.80. The summed E-state index contributed by atoms with van der Waals surface area (Å²) >= 11 is 0. The van der Waals surface area contributed by atoms with E-state index in [1.165, 1.54) is 11.3 Å². The summed E-state index contributed by atoms with van der Waals surface area (Å²) in [5, 5.41) is 4.23. The highest BCUT2D eigenvalue weighted by Crippen LogP contribution is 2.34. The first kappa shape index (κ1) is 13.2. The van der Waals surface area contributed by atoms with Crippen LogP contribution in [0.5, 0.6) is 0 Å². The van der Waals surface area contributed by atoms with Crippen molar-refractivity contribution in [3.63, 3.8) is 0 Å². The highest BCUT2D eigenvalue weighted by molar-refractivity contribution is 5.82. The van der Waals surface area contributed by atoms with Crippen molar-refractivity contribution in [3.05, 3.63) is 18.0 Å². The molecule has 1 aliphatic carbocycles. The molecule has 5 nitrogen and oxygen atoms in total. The Morgan fingerprint density at radius 3 is 2.71 bits per heavy atom. The molecule has 1 amide bonds. The number of alkyl halides is 2. The molecule has 2 fully saturated rings. The third-order valence-corrected chi connectivity index (χ3v) is 4.85. The standard InChI is InChI=1S/C14H18F2N4O/c15-14(16)8-19(9-14)13(21)12-7-18(10-2-1-3-10)6-11-4-5-17-20(11)12/h4-5,10,12H,1-3,6-9H2. The largest absolute Gasteiger partial charge is 0.329 e. The lowest BCUT2D eigenvalue weighted by molar-refractivity contribution is -0.170. The Morgan fingerprint density at radius 2 is 2.10 bits per heavy atom. The Labute approximate surface area is 121 Å². The number of hydrogen-bond donors (Lipinski definition) is 0. The van der Waals surface area contributed by atoms with E-state index in [0.717, 1.165) is 25.1 Å². The monoisotopic (exact) mass is 296 g/mol. The summed E-state index contributed by atoms with van der Waals surface area (Å²) in [5.74, 6) is -2.94. The van der Waals surface area contributed by atoms with E-state index in [0.29, 0.717) is 12.6 Å². The smallest absolute Gasteiger partial charge is 0.282 e. The van der Waals surface area contributed by atoms with Crippen molar-refractivity contribution in [1.82, 2.24) is 19.6 Å². The van der Waals surface area contributed by atoms with Crippen LogP contribution in [0.2, 0.25) is 0 Å². The van der Waals surface area contributed by atoms with E-state index in [-0.39, 0.29) is 5.91 Å². The Kier molecular flexibility index (Phi) is 2.82. The van der Waals surface area contributed by atoms with E-state index >= 15 is 0 Å². The van der Waals surface area contributed by atoms with Crippen LogP contribution in [0, 0.1) is 0 Å². The van der Waals surface area contributed by atoms with Gasteiger partial charge in [-0.15, -0.1) is 0 Å². The maximum absolute atomic E-state index is 13.0. The molecule has 0 spiro atoms. The van der Waals surface area contributed by atoms with Gasteiger partial charge in [0.15, 0.2) is 0 Å². The van der Waals surface area contributed by atoms with Gasteiger partial charge in [0.05, 0.1) is 18.8 Å². The van der Waals surface area contributed by atoms with E-state index in [4.69, 9.17) is 0 Å². The Bertz CT molecular complexity index is 561. The summed E-state index contributed by atoms with van der Waals surface area (Å²) in [6, 6.07) is 1.98. The summed E-state index contributed by atoms with van der Waals surface area (Å²) in [5.41, 5.74) is 0.999. The van der Waals surface area contributed by atoms with Crippen molar-refractivity contribution in [2.75, 3.05) is 19.6 Å². The van der Waals surface area contributed by atoms with Crippen molar-refractivity contribution in [3.8, 4) is 0 Å². The topological polar surface area (TPSA) is 41.4 Å². The van der Waals surface area contributed by atoms with Gasteiger partial charge in [-0.1, -0.05) is 6.42 Å². The number of likely N-dealkylation sites (tertiary alicyclic amines) is 1. The molecule has 1 unspecified atom stereocenters. The van der Waals surface area contributed by atoms with Gasteiger partial charge >= 0.3 is 0 Å². The van der Waals surface area contributed by atoms with Gasteiger partial charge in [-0.3, -0.25) is 14.4 Å². The zero-order valence-electron chi connectivity index (χ0n) is 11.7. The van der Waals surface area contributed by atoms with Gasteiger partial charge in [0.1, 0.15) is 6.04 Å². The predicted octanol–water partition coefficient (Wildman–Crippen LogP) is 1.27. The lowest BCUT2D eigenvalue weighted by atomic mass is 9.90. The summed E-state index contributed by atoms with van der Waals surface area (Å²) < 4.78 is 27.7. The number of hydrogen-bond acceptors (Lipinski definition) is 3. The van der Waals surface area contributed by atoms with Crippen LogP contribution >= 0.6 is 0 Å². The van der Waals surface area contributed by atoms with Gasteiger partial charge < -0.3 is 4.90 Å². The molecule has 3 heterocycles. The van der Waals surface area contributed by atoms with Crippen LogP contribution in [0.25, 0.3) is 0 Å². The quantitative estimate of drug-likeness (QED) is 0.825. The number of amides is 1. The molecule has 0 N–H and O–H groups in total. The minimum absolute atomic E-state index is 0.227. The van der Waals surface area contributed by atoms with Crippen LogP contribution in [0.15, 0.2) is 12.3 Å². The highest BCUT2D eigenvalue weighted by atomic mass is 19.3. The normalized spacial score (nSPS) is 28.7. The van der Waals surface area contributed by atoms with E-state index in [1.807, 2.05) is 6.07 Å². The van der Waals surface area contributed by atoms with Crippen molar-refractivity contribution < 1.29 is 13.6 Å². The number of halogens is 2. The Morgan fingerprint density at radius 1 is 1.33 bits per heavy atom. The molecule has 4 rings (SSSR count). The molecule has 7 heteroatoms. The zero-order valence-corrected chi connectivity index (χ0v) is 11.7. The first-order chi connectivity index (χ1) is 10.0. The lowest BCUT2D eigenvalue weighted by Crippen LogP contribution is -2.61. The molecule has 0 bridgehead atoms. The van der Waals surface area contributed by atoms with Crippen molar-refractivity contribution in [2.45, 2.75) is 43.8 Å². The molecule has 0 radical (unpaired) electrons. The van der Waals surface area contributed by atoms with Gasteiger partial charge in [0.25, 0.3) is 5.92 Å². The molecule has 21 heavy (non-hydrogen) atoms. The molecule has 1 aromatic rings. The molecular weight excluding hydrogens is 278 g/mol. The van der Waals surface area contributed by atoms with E-state index in [1.54, 1.807) is 10.9 Å². The van der Waals surface area contributed by atoms with Crippen molar-refractivity contribution in [2.24, 2.45) is 0 Å². The molecule has 1 saturated carbocycles. The fourth-order valence-corrected chi connectivity index (χ4v) is 3.41. The zero-order chi connectivity index (χ0) is 14.6. The third-order valence-electron chi connectivity index (χ3n) is 4.85. The molecule has 2 aliphatic heterocycles. The number of nitrogens with zero attached hydrogens (tertiary/aromatic N) is 4. The van der Waals surface area contributed by atoms with Crippen molar-refractivity contribution in [1.29, 1.82) is 0 Å². The van der Waals surface area contributed by atoms with E-state index < -0.39 is 25.1 Å². The molecular formula is C14H18F2N4O. The van der Waals surface area contributed by atoms with Crippen LogP contribution in [0.1, 0.15) is 31.0 Å². The molecule has 3 aliphatic rings. The third kappa shape index (κ3) is 2.14. The minimum Gasteiger partial charge on any atom is -0.329 e. The summed E-state index contributed by atoms with van der Waals surface area (Å²) in [7, 11) is 0. The van der Waals surface area contributed by atoms with Crippen LogP contribution in [0.3, 0.4) is 0 Å². The molecule has 0 aromatic carbocycles. The first-order valence-corrected chi connectivity index (χ1v) is 7.46. The Hall–Kier alpha value is -1.50.